The number of aromatic nitrogens is 3. The number of halogens is 2. The third-order valence-corrected chi connectivity index (χ3v) is 4.45. The summed E-state index contributed by atoms with van der Waals surface area (Å²) in [7, 11) is 1.46. The number of benzene rings is 2. The molecule has 0 aliphatic heterocycles. The third kappa shape index (κ3) is 3.84. The molecule has 1 amide bonds. The molecule has 0 unspecified atom stereocenters. The summed E-state index contributed by atoms with van der Waals surface area (Å²) in [6.45, 7) is 1.55. The Hall–Kier alpha value is -3.62. The lowest BCUT2D eigenvalue weighted by atomic mass is 10.2. The molecule has 3 aromatic rings. The van der Waals surface area contributed by atoms with Crippen LogP contribution in [0.5, 0.6) is 0 Å². The summed E-state index contributed by atoms with van der Waals surface area (Å²) in [6.07, 6.45) is 0. The lowest BCUT2D eigenvalue weighted by Gasteiger charge is -2.16. The Morgan fingerprint density at radius 1 is 1.03 bits per heavy atom. The molecule has 150 valence electrons. The minimum absolute atomic E-state index is 0.0697. The molecule has 0 saturated carbocycles. The van der Waals surface area contributed by atoms with E-state index >= 15 is 0 Å². The number of rotatable bonds is 5. The molecule has 0 atom stereocenters. The Balaban J connectivity index is 2.29. The van der Waals surface area contributed by atoms with Crippen molar-refractivity contribution in [1.82, 2.24) is 19.2 Å². The first-order chi connectivity index (χ1) is 13.8. The van der Waals surface area contributed by atoms with Gasteiger partial charge in [0.2, 0.25) is 5.69 Å². The second-order valence-corrected chi connectivity index (χ2v) is 6.30. The van der Waals surface area contributed by atoms with Crippen LogP contribution in [-0.2, 0) is 6.54 Å². The van der Waals surface area contributed by atoms with Gasteiger partial charge < -0.3 is 4.90 Å². The highest BCUT2D eigenvalue weighted by molar-refractivity contribution is 5.91. The zero-order valence-corrected chi connectivity index (χ0v) is 15.8. The average Bonchev–Trinajstić information content (AvgIpc) is 2.72. The van der Waals surface area contributed by atoms with E-state index in [0.717, 1.165) is 6.07 Å². The van der Waals surface area contributed by atoms with E-state index in [-0.39, 0.29) is 17.8 Å². The van der Waals surface area contributed by atoms with Crippen molar-refractivity contribution in [2.75, 3.05) is 13.6 Å². The highest BCUT2D eigenvalue weighted by atomic mass is 19.1. The minimum Gasteiger partial charge on any atom is -0.340 e. The lowest BCUT2D eigenvalue weighted by Crippen LogP contribution is -2.46. The van der Waals surface area contributed by atoms with Crippen molar-refractivity contribution >= 4 is 5.91 Å². The van der Waals surface area contributed by atoms with E-state index < -0.39 is 41.0 Å². The van der Waals surface area contributed by atoms with Gasteiger partial charge in [-0.1, -0.05) is 30.3 Å². The second kappa shape index (κ2) is 8.17. The van der Waals surface area contributed by atoms with Gasteiger partial charge in [-0.3, -0.25) is 14.2 Å². The molecule has 9 heteroatoms. The fourth-order valence-corrected chi connectivity index (χ4v) is 2.69. The van der Waals surface area contributed by atoms with Gasteiger partial charge in [0.1, 0.15) is 17.3 Å². The van der Waals surface area contributed by atoms with E-state index in [2.05, 4.69) is 5.10 Å². The summed E-state index contributed by atoms with van der Waals surface area (Å²) >= 11 is 0. The predicted octanol–water partition coefficient (Wildman–Crippen LogP) is 1.81. The number of amides is 1. The van der Waals surface area contributed by atoms with Crippen molar-refractivity contribution in [3.8, 4) is 5.69 Å². The topological polar surface area (TPSA) is 77.2 Å². The van der Waals surface area contributed by atoms with E-state index in [1.165, 1.54) is 48.3 Å². The number of hydrogen-bond donors (Lipinski definition) is 0. The molecule has 0 spiro atoms. The number of carbonyl (C=O) groups excluding carboxylic acids is 1. The first-order valence-corrected chi connectivity index (χ1v) is 8.83. The molecular weight excluding hydrogens is 382 g/mol. The molecule has 29 heavy (non-hydrogen) atoms. The van der Waals surface area contributed by atoms with Crippen LogP contribution < -0.4 is 11.2 Å². The van der Waals surface area contributed by atoms with E-state index in [1.54, 1.807) is 13.0 Å². The second-order valence-electron chi connectivity index (χ2n) is 6.30. The molecular formula is C20H18F2N4O3. The lowest BCUT2D eigenvalue weighted by molar-refractivity contribution is 0.0791. The van der Waals surface area contributed by atoms with Crippen LogP contribution in [0, 0.1) is 11.6 Å². The predicted molar refractivity (Wildman–Crippen MR) is 102 cm³/mol. The van der Waals surface area contributed by atoms with Crippen LogP contribution in [-0.4, -0.2) is 38.7 Å². The highest BCUT2D eigenvalue weighted by Gasteiger charge is 2.23. The molecule has 7 nitrogen and oxygen atoms in total. The van der Waals surface area contributed by atoms with Gasteiger partial charge in [0.15, 0.2) is 0 Å². The molecule has 2 aromatic carbocycles. The molecule has 3 rings (SSSR count). The van der Waals surface area contributed by atoms with Crippen molar-refractivity contribution in [2.45, 2.75) is 13.5 Å². The summed E-state index contributed by atoms with van der Waals surface area (Å²) in [6, 6.07) is 10.9. The molecule has 0 aliphatic carbocycles. The Kier molecular flexibility index (Phi) is 5.67. The van der Waals surface area contributed by atoms with Crippen molar-refractivity contribution in [2.24, 2.45) is 0 Å². The van der Waals surface area contributed by atoms with Gasteiger partial charge in [-0.25, -0.2) is 13.6 Å². The fourth-order valence-electron chi connectivity index (χ4n) is 2.69. The van der Waals surface area contributed by atoms with Crippen molar-refractivity contribution in [1.29, 1.82) is 0 Å². The van der Waals surface area contributed by atoms with Gasteiger partial charge in [-0.05, 0) is 25.1 Å². The zero-order valence-electron chi connectivity index (χ0n) is 15.8. The minimum atomic E-state index is -0.987. The molecule has 1 heterocycles. The maximum absolute atomic E-state index is 14.3. The van der Waals surface area contributed by atoms with Crippen LogP contribution in [0.1, 0.15) is 23.0 Å². The molecule has 1 aromatic heterocycles. The fraction of sp³-hybridized carbons (Fsp3) is 0.200. The van der Waals surface area contributed by atoms with Gasteiger partial charge in [-0.15, -0.1) is 0 Å². The van der Waals surface area contributed by atoms with Gasteiger partial charge in [0.25, 0.3) is 11.5 Å². The zero-order chi connectivity index (χ0) is 21.1. The van der Waals surface area contributed by atoms with Crippen LogP contribution >= 0.6 is 0 Å². The van der Waals surface area contributed by atoms with Gasteiger partial charge >= 0.3 is 5.69 Å². The quantitative estimate of drug-likeness (QED) is 0.655. The van der Waals surface area contributed by atoms with Crippen LogP contribution in [0.2, 0.25) is 0 Å². The van der Waals surface area contributed by atoms with Crippen LogP contribution in [0.4, 0.5) is 8.78 Å². The summed E-state index contributed by atoms with van der Waals surface area (Å²) in [5.41, 5.74) is -2.68. The number of carbonyl (C=O) groups is 1. The largest absolute Gasteiger partial charge is 0.352 e. The summed E-state index contributed by atoms with van der Waals surface area (Å²) < 4.78 is 29.7. The smallest absolute Gasteiger partial charge is 0.340 e. The van der Waals surface area contributed by atoms with Crippen LogP contribution in [0.3, 0.4) is 0 Å². The summed E-state index contributed by atoms with van der Waals surface area (Å²) in [5.74, 6) is -2.11. The monoisotopic (exact) mass is 400 g/mol. The van der Waals surface area contributed by atoms with E-state index in [4.69, 9.17) is 0 Å². The standard InChI is InChI=1S/C20H18F2N4O3/c1-3-24(2)18(27)17-19(28)25(12-13-8-4-5-9-14(13)21)20(29)26(23-17)16-11-7-6-10-15(16)22/h4-11H,3,12H2,1-2H3. The maximum Gasteiger partial charge on any atom is 0.352 e. The molecule has 0 N–H and O–H groups in total. The Labute approximate surface area is 164 Å². The molecule has 0 saturated heterocycles. The van der Waals surface area contributed by atoms with Gasteiger partial charge in [0, 0.05) is 19.2 Å². The normalized spacial score (nSPS) is 10.8. The third-order valence-electron chi connectivity index (χ3n) is 4.45. The molecule has 0 fully saturated rings. The first-order valence-electron chi connectivity index (χ1n) is 8.83. The average molecular weight is 400 g/mol. The highest BCUT2D eigenvalue weighted by Crippen LogP contribution is 2.10. The van der Waals surface area contributed by atoms with Crippen LogP contribution in [0.15, 0.2) is 58.1 Å². The summed E-state index contributed by atoms with van der Waals surface area (Å²) in [5, 5.41) is 3.84. The molecule has 0 aliphatic rings. The SMILES string of the molecule is CCN(C)C(=O)c1nn(-c2ccccc2F)c(=O)n(Cc2ccccc2F)c1=O. The van der Waals surface area contributed by atoms with Gasteiger partial charge in [-0.2, -0.15) is 9.78 Å². The Morgan fingerprint density at radius 3 is 2.28 bits per heavy atom. The number of para-hydroxylation sites is 1. The number of nitrogens with zero attached hydrogens (tertiary/aromatic N) is 4. The van der Waals surface area contributed by atoms with E-state index in [1.807, 2.05) is 0 Å². The van der Waals surface area contributed by atoms with Crippen molar-refractivity contribution < 1.29 is 13.6 Å². The van der Waals surface area contributed by atoms with E-state index in [9.17, 15) is 23.2 Å². The molecule has 0 radical (unpaired) electrons. The molecule has 0 bridgehead atoms. The van der Waals surface area contributed by atoms with Crippen molar-refractivity contribution in [3.63, 3.8) is 0 Å². The van der Waals surface area contributed by atoms with Crippen LogP contribution in [0.25, 0.3) is 5.69 Å². The Morgan fingerprint density at radius 2 is 1.66 bits per heavy atom. The maximum atomic E-state index is 14.3. The first kappa shape index (κ1) is 20.1. The Bertz CT molecular complexity index is 1190. The number of hydrogen-bond acceptors (Lipinski definition) is 4. The van der Waals surface area contributed by atoms with Crippen molar-refractivity contribution in [3.05, 3.63) is 92.3 Å². The van der Waals surface area contributed by atoms with E-state index in [0.29, 0.717) is 9.25 Å². The van der Waals surface area contributed by atoms with Gasteiger partial charge in [0.05, 0.1) is 6.54 Å². The summed E-state index contributed by atoms with van der Waals surface area (Å²) in [4.78, 5) is 39.6.